The molecule has 2 nitrogen and oxygen atoms in total. The summed E-state index contributed by atoms with van der Waals surface area (Å²) in [6.45, 7) is 1.81. The Kier molecular flexibility index (Phi) is 4.64. The minimum absolute atomic E-state index is 0.0658. The third-order valence-corrected chi connectivity index (χ3v) is 3.37. The van der Waals surface area contributed by atoms with E-state index in [0.717, 1.165) is 16.7 Å². The minimum Gasteiger partial charge on any atom is -0.324 e. The normalized spacial score (nSPS) is 12.2. The van der Waals surface area contributed by atoms with E-state index in [-0.39, 0.29) is 17.6 Å². The molecule has 2 N–H and O–H groups in total. The van der Waals surface area contributed by atoms with Gasteiger partial charge in [0.15, 0.2) is 0 Å². The van der Waals surface area contributed by atoms with Crippen molar-refractivity contribution >= 4 is 5.78 Å². The van der Waals surface area contributed by atoms with Crippen molar-refractivity contribution in [1.29, 1.82) is 0 Å². The molecule has 104 valence electrons. The van der Waals surface area contributed by atoms with Crippen LogP contribution in [-0.2, 0) is 11.2 Å². The summed E-state index contributed by atoms with van der Waals surface area (Å²) in [5.41, 5.74) is 8.64. The topological polar surface area (TPSA) is 43.1 Å². The van der Waals surface area contributed by atoms with Crippen LogP contribution in [0.2, 0.25) is 0 Å². The summed E-state index contributed by atoms with van der Waals surface area (Å²) in [4.78, 5) is 12.1. The van der Waals surface area contributed by atoms with Crippen molar-refractivity contribution in [2.45, 2.75) is 25.8 Å². The summed E-state index contributed by atoms with van der Waals surface area (Å²) in [7, 11) is 0. The van der Waals surface area contributed by atoms with Crippen molar-refractivity contribution in [3.05, 3.63) is 71.0 Å². The summed E-state index contributed by atoms with van der Waals surface area (Å²) in [6.07, 6.45) is 0.591. The second kappa shape index (κ2) is 6.44. The van der Waals surface area contributed by atoms with Crippen LogP contribution in [0.3, 0.4) is 0 Å². The molecule has 0 fully saturated rings. The van der Waals surface area contributed by atoms with Crippen LogP contribution in [0.1, 0.15) is 29.2 Å². The van der Waals surface area contributed by atoms with Gasteiger partial charge in [-0.2, -0.15) is 0 Å². The average Bonchev–Trinajstić information content (AvgIpc) is 2.43. The predicted molar refractivity (Wildman–Crippen MR) is 77.8 cm³/mol. The smallest absolute Gasteiger partial charge is 0.139 e. The fourth-order valence-corrected chi connectivity index (χ4v) is 2.21. The van der Waals surface area contributed by atoms with Crippen LogP contribution in [0.25, 0.3) is 0 Å². The number of Topliss-reactive ketones (excluding diaryl/α,β-unsaturated/α-hetero) is 1. The maximum Gasteiger partial charge on any atom is 0.139 e. The number of carbonyl (C=O) groups is 1. The van der Waals surface area contributed by atoms with E-state index in [1.165, 1.54) is 12.1 Å². The molecule has 20 heavy (non-hydrogen) atoms. The molecule has 0 heterocycles. The van der Waals surface area contributed by atoms with Gasteiger partial charge in [0.05, 0.1) is 0 Å². The van der Waals surface area contributed by atoms with Gasteiger partial charge in [-0.15, -0.1) is 0 Å². The van der Waals surface area contributed by atoms with Gasteiger partial charge in [-0.3, -0.25) is 4.79 Å². The first kappa shape index (κ1) is 14.4. The largest absolute Gasteiger partial charge is 0.324 e. The molecular formula is C17H18FNO. The van der Waals surface area contributed by atoms with Gasteiger partial charge in [0, 0.05) is 18.9 Å². The first-order chi connectivity index (χ1) is 9.56. The summed E-state index contributed by atoms with van der Waals surface area (Å²) < 4.78 is 13.0. The fourth-order valence-electron chi connectivity index (χ4n) is 2.21. The molecule has 2 aromatic rings. The lowest BCUT2D eigenvalue weighted by Gasteiger charge is -2.12. The van der Waals surface area contributed by atoms with E-state index in [1.54, 1.807) is 6.07 Å². The Hall–Kier alpha value is -2.00. The molecule has 0 amide bonds. The molecule has 0 bridgehead atoms. The van der Waals surface area contributed by atoms with Gasteiger partial charge in [-0.25, -0.2) is 4.39 Å². The summed E-state index contributed by atoms with van der Waals surface area (Å²) >= 11 is 0. The third-order valence-electron chi connectivity index (χ3n) is 3.37. The highest BCUT2D eigenvalue weighted by molar-refractivity contribution is 5.81. The summed E-state index contributed by atoms with van der Waals surface area (Å²) in [5, 5.41) is 0. The molecule has 0 spiro atoms. The first-order valence-corrected chi connectivity index (χ1v) is 6.63. The van der Waals surface area contributed by atoms with Gasteiger partial charge >= 0.3 is 0 Å². The Balaban J connectivity index is 1.99. The zero-order valence-electron chi connectivity index (χ0n) is 11.5. The zero-order valence-corrected chi connectivity index (χ0v) is 11.5. The van der Waals surface area contributed by atoms with Gasteiger partial charge < -0.3 is 5.73 Å². The van der Waals surface area contributed by atoms with E-state index in [4.69, 9.17) is 5.73 Å². The van der Waals surface area contributed by atoms with Gasteiger partial charge in [0.25, 0.3) is 0 Å². The summed E-state index contributed by atoms with van der Waals surface area (Å²) in [5.74, 6) is -0.212. The first-order valence-electron chi connectivity index (χ1n) is 6.63. The van der Waals surface area contributed by atoms with Crippen molar-refractivity contribution in [3.8, 4) is 0 Å². The van der Waals surface area contributed by atoms with Crippen molar-refractivity contribution in [1.82, 2.24) is 0 Å². The van der Waals surface area contributed by atoms with Gasteiger partial charge in [-0.1, -0.05) is 36.4 Å². The lowest BCUT2D eigenvalue weighted by atomic mass is 9.97. The van der Waals surface area contributed by atoms with Crippen molar-refractivity contribution < 1.29 is 9.18 Å². The fraction of sp³-hybridized carbons (Fsp3) is 0.235. The molecular weight excluding hydrogens is 253 g/mol. The number of nitrogens with two attached hydrogens (primary N) is 1. The van der Waals surface area contributed by atoms with Crippen LogP contribution in [-0.4, -0.2) is 5.78 Å². The highest BCUT2D eigenvalue weighted by atomic mass is 19.1. The molecule has 0 saturated heterocycles. The van der Waals surface area contributed by atoms with Crippen LogP contribution in [0.5, 0.6) is 0 Å². The Bertz CT molecular complexity index is 595. The number of hydrogen-bond donors (Lipinski definition) is 1. The number of hydrogen-bond acceptors (Lipinski definition) is 2. The van der Waals surface area contributed by atoms with Crippen molar-refractivity contribution in [2.24, 2.45) is 5.73 Å². The molecule has 0 saturated carbocycles. The molecule has 0 aliphatic heterocycles. The molecule has 1 atom stereocenters. The number of rotatable bonds is 5. The molecule has 1 unspecified atom stereocenters. The van der Waals surface area contributed by atoms with E-state index in [0.29, 0.717) is 12.8 Å². The lowest BCUT2D eigenvalue weighted by molar-refractivity contribution is -0.118. The number of halogens is 1. The van der Waals surface area contributed by atoms with E-state index in [2.05, 4.69) is 0 Å². The van der Waals surface area contributed by atoms with Crippen LogP contribution in [0, 0.1) is 12.7 Å². The SMILES string of the molecule is Cc1cc(F)ccc1CC(=O)CC(N)c1ccccc1. The second-order valence-electron chi connectivity index (χ2n) is 5.01. The molecule has 3 heteroatoms. The third kappa shape index (κ3) is 3.75. The van der Waals surface area contributed by atoms with Crippen LogP contribution >= 0.6 is 0 Å². The van der Waals surface area contributed by atoms with E-state index in [9.17, 15) is 9.18 Å². The molecule has 2 aromatic carbocycles. The zero-order chi connectivity index (χ0) is 14.5. The van der Waals surface area contributed by atoms with E-state index < -0.39 is 0 Å². The van der Waals surface area contributed by atoms with Gasteiger partial charge in [0.1, 0.15) is 11.6 Å². The number of ketones is 1. The van der Waals surface area contributed by atoms with E-state index >= 15 is 0 Å². The Morgan fingerprint density at radius 3 is 2.55 bits per heavy atom. The van der Waals surface area contributed by atoms with Crippen LogP contribution < -0.4 is 5.73 Å². The number of aryl methyl sites for hydroxylation is 1. The van der Waals surface area contributed by atoms with Gasteiger partial charge in [0.2, 0.25) is 0 Å². The molecule has 0 aliphatic carbocycles. The Labute approximate surface area is 118 Å². The minimum atomic E-state index is -0.288. The molecule has 2 rings (SSSR count). The van der Waals surface area contributed by atoms with E-state index in [1.807, 2.05) is 37.3 Å². The highest BCUT2D eigenvalue weighted by Gasteiger charge is 2.13. The Morgan fingerprint density at radius 2 is 1.90 bits per heavy atom. The van der Waals surface area contributed by atoms with Crippen LogP contribution in [0.15, 0.2) is 48.5 Å². The average molecular weight is 271 g/mol. The maximum atomic E-state index is 13.0. The lowest BCUT2D eigenvalue weighted by Crippen LogP contribution is -2.17. The second-order valence-corrected chi connectivity index (χ2v) is 5.01. The Morgan fingerprint density at radius 1 is 1.20 bits per heavy atom. The molecule has 0 aromatic heterocycles. The number of benzene rings is 2. The molecule has 0 aliphatic rings. The standard InChI is InChI=1S/C17H18FNO/c1-12-9-15(18)8-7-14(12)10-16(20)11-17(19)13-5-3-2-4-6-13/h2-9,17H,10-11,19H2,1H3. The van der Waals surface area contributed by atoms with Crippen molar-refractivity contribution in [3.63, 3.8) is 0 Å². The number of carbonyl (C=O) groups excluding carboxylic acids is 1. The highest BCUT2D eigenvalue weighted by Crippen LogP contribution is 2.17. The van der Waals surface area contributed by atoms with Gasteiger partial charge in [-0.05, 0) is 35.7 Å². The predicted octanol–water partition coefficient (Wildman–Crippen LogP) is 3.34. The summed E-state index contributed by atoms with van der Waals surface area (Å²) in [6, 6.07) is 13.8. The van der Waals surface area contributed by atoms with Crippen LogP contribution in [0.4, 0.5) is 4.39 Å². The molecule has 0 radical (unpaired) electrons. The maximum absolute atomic E-state index is 13.0. The quantitative estimate of drug-likeness (QED) is 0.906. The monoisotopic (exact) mass is 271 g/mol. The van der Waals surface area contributed by atoms with Crippen molar-refractivity contribution in [2.75, 3.05) is 0 Å².